The van der Waals surface area contributed by atoms with E-state index < -0.39 is 0 Å². The zero-order chi connectivity index (χ0) is 13.6. The van der Waals surface area contributed by atoms with Crippen LogP contribution in [0.25, 0.3) is 11.4 Å². The van der Waals surface area contributed by atoms with Crippen molar-refractivity contribution in [3.8, 4) is 11.4 Å². The molecule has 1 aliphatic heterocycles. The van der Waals surface area contributed by atoms with E-state index >= 15 is 0 Å². The Morgan fingerprint density at radius 1 is 1.16 bits per heavy atom. The van der Waals surface area contributed by atoms with Gasteiger partial charge in [0.1, 0.15) is 10.3 Å². The van der Waals surface area contributed by atoms with Gasteiger partial charge >= 0.3 is 0 Å². The Labute approximate surface area is 122 Å². The second-order valence-corrected chi connectivity index (χ2v) is 5.48. The van der Waals surface area contributed by atoms with E-state index in [1.54, 1.807) is 0 Å². The molecule has 0 spiro atoms. The third-order valence-electron chi connectivity index (χ3n) is 3.49. The third kappa shape index (κ3) is 2.17. The van der Waals surface area contributed by atoms with Crippen molar-refractivity contribution in [3.05, 3.63) is 39.6 Å². The van der Waals surface area contributed by atoms with E-state index in [4.69, 9.17) is 23.2 Å². The molecule has 2 aromatic rings. The normalized spacial score (nSPS) is 13.8. The van der Waals surface area contributed by atoms with Gasteiger partial charge in [0.25, 0.3) is 0 Å². The molecule has 1 aromatic carbocycles. The Morgan fingerprint density at radius 2 is 1.84 bits per heavy atom. The molecule has 19 heavy (non-hydrogen) atoms. The molecule has 0 amide bonds. The lowest BCUT2D eigenvalue weighted by molar-refractivity contribution is 0.956. The fourth-order valence-corrected chi connectivity index (χ4v) is 2.69. The van der Waals surface area contributed by atoms with E-state index in [1.165, 1.54) is 11.3 Å². The standard InChI is InChI=1S/C14H13Cl2N3/c1-8-12(15)17-14(18-13(8)16)10-3-4-11-9(7-10)5-6-19(11)2/h3-4,7H,5-6H2,1-2H3. The summed E-state index contributed by atoms with van der Waals surface area (Å²) in [5.41, 5.74) is 4.26. The van der Waals surface area contributed by atoms with E-state index in [0.717, 1.165) is 18.5 Å². The summed E-state index contributed by atoms with van der Waals surface area (Å²) in [6.07, 6.45) is 1.05. The van der Waals surface area contributed by atoms with Crippen molar-refractivity contribution in [3.63, 3.8) is 0 Å². The number of hydrogen-bond donors (Lipinski definition) is 0. The molecule has 98 valence electrons. The summed E-state index contributed by atoms with van der Waals surface area (Å²) >= 11 is 12.1. The highest BCUT2D eigenvalue weighted by Crippen LogP contribution is 2.31. The lowest BCUT2D eigenvalue weighted by Gasteiger charge is -2.12. The molecule has 5 heteroatoms. The molecule has 3 rings (SSSR count). The highest BCUT2D eigenvalue weighted by molar-refractivity contribution is 6.34. The largest absolute Gasteiger partial charge is 0.374 e. The summed E-state index contributed by atoms with van der Waals surface area (Å²) in [7, 11) is 2.10. The van der Waals surface area contributed by atoms with Crippen LogP contribution in [0.1, 0.15) is 11.1 Å². The fraction of sp³-hybridized carbons (Fsp3) is 0.286. The topological polar surface area (TPSA) is 29.0 Å². The van der Waals surface area contributed by atoms with Crippen LogP contribution in [-0.4, -0.2) is 23.6 Å². The summed E-state index contributed by atoms with van der Waals surface area (Å²) in [4.78, 5) is 10.9. The van der Waals surface area contributed by atoms with Crippen LogP contribution in [0.2, 0.25) is 10.3 Å². The van der Waals surface area contributed by atoms with Gasteiger partial charge in [0.2, 0.25) is 0 Å². The van der Waals surface area contributed by atoms with Crippen LogP contribution in [0.3, 0.4) is 0 Å². The highest BCUT2D eigenvalue weighted by atomic mass is 35.5. The number of rotatable bonds is 1. The van der Waals surface area contributed by atoms with Crippen LogP contribution in [0, 0.1) is 6.92 Å². The molecule has 1 aromatic heterocycles. The maximum Gasteiger partial charge on any atom is 0.162 e. The van der Waals surface area contributed by atoms with Gasteiger partial charge in [-0.3, -0.25) is 0 Å². The van der Waals surface area contributed by atoms with E-state index in [1.807, 2.05) is 13.0 Å². The number of halogens is 2. The molecule has 0 bridgehead atoms. The lowest BCUT2D eigenvalue weighted by atomic mass is 10.1. The molecule has 0 saturated carbocycles. The monoisotopic (exact) mass is 293 g/mol. The highest BCUT2D eigenvalue weighted by Gasteiger charge is 2.17. The van der Waals surface area contributed by atoms with E-state index in [9.17, 15) is 0 Å². The summed E-state index contributed by atoms with van der Waals surface area (Å²) in [6.45, 7) is 2.86. The minimum atomic E-state index is 0.410. The molecular weight excluding hydrogens is 281 g/mol. The van der Waals surface area contributed by atoms with Gasteiger partial charge in [0, 0.05) is 30.4 Å². The Morgan fingerprint density at radius 3 is 2.53 bits per heavy atom. The Hall–Kier alpha value is -1.32. The van der Waals surface area contributed by atoms with Crippen molar-refractivity contribution in [2.45, 2.75) is 13.3 Å². The molecule has 3 nitrogen and oxygen atoms in total. The van der Waals surface area contributed by atoms with Gasteiger partial charge in [-0.15, -0.1) is 0 Å². The van der Waals surface area contributed by atoms with Crippen molar-refractivity contribution in [2.75, 3.05) is 18.5 Å². The molecule has 0 fully saturated rings. The van der Waals surface area contributed by atoms with Crippen LogP contribution in [0.4, 0.5) is 5.69 Å². The Balaban J connectivity index is 2.08. The van der Waals surface area contributed by atoms with Crippen molar-refractivity contribution in [1.29, 1.82) is 0 Å². The minimum absolute atomic E-state index is 0.410. The Kier molecular flexibility index (Phi) is 3.11. The second-order valence-electron chi connectivity index (χ2n) is 4.77. The van der Waals surface area contributed by atoms with E-state index in [0.29, 0.717) is 21.7 Å². The molecule has 1 aliphatic rings. The van der Waals surface area contributed by atoms with E-state index in [-0.39, 0.29) is 0 Å². The fourth-order valence-electron chi connectivity index (χ4n) is 2.30. The molecule has 0 atom stereocenters. The number of anilines is 1. The number of aromatic nitrogens is 2. The number of likely N-dealkylation sites (N-methyl/N-ethyl adjacent to an activating group) is 1. The van der Waals surface area contributed by atoms with Crippen LogP contribution >= 0.6 is 23.2 Å². The lowest BCUT2D eigenvalue weighted by Crippen LogP contribution is -2.12. The minimum Gasteiger partial charge on any atom is -0.374 e. The van der Waals surface area contributed by atoms with Gasteiger partial charge in [-0.2, -0.15) is 0 Å². The zero-order valence-electron chi connectivity index (χ0n) is 10.7. The first-order valence-electron chi connectivity index (χ1n) is 6.10. The molecule has 0 N–H and O–H groups in total. The van der Waals surface area contributed by atoms with Crippen molar-refractivity contribution in [2.24, 2.45) is 0 Å². The molecule has 0 aliphatic carbocycles. The summed E-state index contributed by atoms with van der Waals surface area (Å²) in [5.74, 6) is 0.581. The average molecular weight is 294 g/mol. The predicted molar refractivity (Wildman–Crippen MR) is 79.2 cm³/mol. The molecule has 0 radical (unpaired) electrons. The number of benzene rings is 1. The third-order valence-corrected chi connectivity index (χ3v) is 4.23. The SMILES string of the molecule is Cc1c(Cl)nc(-c2ccc3c(c2)CCN3C)nc1Cl. The van der Waals surface area contributed by atoms with Crippen LogP contribution in [0.5, 0.6) is 0 Å². The van der Waals surface area contributed by atoms with Crippen LogP contribution in [-0.2, 0) is 6.42 Å². The van der Waals surface area contributed by atoms with Gasteiger partial charge < -0.3 is 4.90 Å². The van der Waals surface area contributed by atoms with Gasteiger partial charge in [0.05, 0.1) is 0 Å². The first-order chi connectivity index (χ1) is 9.06. The quantitative estimate of drug-likeness (QED) is 0.750. The first-order valence-corrected chi connectivity index (χ1v) is 6.86. The molecular formula is C14H13Cl2N3. The van der Waals surface area contributed by atoms with Crippen molar-refractivity contribution < 1.29 is 0 Å². The molecule has 0 saturated heterocycles. The summed E-state index contributed by atoms with van der Waals surface area (Å²) in [6, 6.07) is 6.23. The summed E-state index contributed by atoms with van der Waals surface area (Å²) < 4.78 is 0. The Bertz CT molecular complexity index is 632. The smallest absolute Gasteiger partial charge is 0.162 e. The van der Waals surface area contributed by atoms with Gasteiger partial charge in [-0.1, -0.05) is 23.2 Å². The molecule has 2 heterocycles. The predicted octanol–water partition coefficient (Wildman–Crippen LogP) is 3.75. The van der Waals surface area contributed by atoms with Crippen LogP contribution < -0.4 is 4.90 Å². The first kappa shape index (κ1) is 12.7. The number of nitrogens with zero attached hydrogens (tertiary/aromatic N) is 3. The molecule has 0 unspecified atom stereocenters. The number of hydrogen-bond acceptors (Lipinski definition) is 3. The van der Waals surface area contributed by atoms with Gasteiger partial charge in [-0.25, -0.2) is 9.97 Å². The maximum absolute atomic E-state index is 6.07. The van der Waals surface area contributed by atoms with Crippen molar-refractivity contribution >= 4 is 28.9 Å². The maximum atomic E-state index is 6.07. The number of fused-ring (bicyclic) bond motifs is 1. The summed E-state index contributed by atoms with van der Waals surface area (Å²) in [5, 5.41) is 0.820. The van der Waals surface area contributed by atoms with Gasteiger partial charge in [-0.05, 0) is 37.1 Å². The van der Waals surface area contributed by atoms with Crippen molar-refractivity contribution in [1.82, 2.24) is 9.97 Å². The average Bonchev–Trinajstić information content (AvgIpc) is 2.76. The second kappa shape index (κ2) is 4.66. The zero-order valence-corrected chi connectivity index (χ0v) is 12.3. The van der Waals surface area contributed by atoms with E-state index in [2.05, 4.69) is 34.0 Å². The van der Waals surface area contributed by atoms with Crippen LogP contribution in [0.15, 0.2) is 18.2 Å². The van der Waals surface area contributed by atoms with Gasteiger partial charge in [0.15, 0.2) is 5.82 Å².